The minimum absolute atomic E-state index is 0. The summed E-state index contributed by atoms with van der Waals surface area (Å²) in [5.41, 5.74) is 0. The van der Waals surface area contributed by atoms with Gasteiger partial charge in [0.25, 0.3) is 0 Å². The first kappa shape index (κ1) is 47.6. The Morgan fingerprint density at radius 1 is 1.00 bits per heavy atom. The summed E-state index contributed by atoms with van der Waals surface area (Å²) < 4.78 is 0. The summed E-state index contributed by atoms with van der Waals surface area (Å²) in [5, 5.41) is 0. The summed E-state index contributed by atoms with van der Waals surface area (Å²) in [4.78, 5) is 0. The molecule has 0 aliphatic rings. The molecule has 0 saturated carbocycles. The van der Waals surface area contributed by atoms with Crippen LogP contribution in [0.2, 0.25) is 0 Å². The third kappa shape index (κ3) is 9.59. The fourth-order valence-corrected chi connectivity index (χ4v) is 0. The van der Waals surface area contributed by atoms with Crippen LogP contribution in [0.1, 0.15) is 7.43 Å². The van der Waals surface area contributed by atoms with Crippen LogP contribution in [0.25, 0.3) is 0 Å². The van der Waals surface area contributed by atoms with E-state index in [1.54, 1.807) is 0 Å². The van der Waals surface area contributed by atoms with E-state index in [0.29, 0.717) is 0 Å². The van der Waals surface area contributed by atoms with Crippen LogP contribution >= 0.6 is 0 Å². The van der Waals surface area contributed by atoms with Gasteiger partial charge in [0.1, 0.15) is 0 Å². The molecule has 4 heavy (non-hydrogen) atoms. The smallest absolute Gasteiger partial charge is 0 e. The zero-order valence-electron chi connectivity index (χ0n) is 1.30. The Hall–Kier alpha value is 1.56. The van der Waals surface area contributed by atoms with Crippen LogP contribution in [0, 0.1) is 0 Å². The Morgan fingerprint density at radius 3 is 1.00 bits per heavy atom. The van der Waals surface area contributed by atoms with Crippen LogP contribution in [0.3, 0.4) is 0 Å². The van der Waals surface area contributed by atoms with Gasteiger partial charge in [0, 0.05) is 51.2 Å². The molecule has 0 spiro atoms. The van der Waals surface area contributed by atoms with Crippen molar-refractivity contribution >= 4 is 17.4 Å². The number of rotatable bonds is 0. The van der Waals surface area contributed by atoms with E-state index in [-0.39, 0.29) is 58.6 Å². The molecule has 0 fully saturated rings. The van der Waals surface area contributed by atoms with Crippen molar-refractivity contribution < 1.29 is 33.9 Å². The Morgan fingerprint density at radius 2 is 1.00 bits per heavy atom. The maximum Gasteiger partial charge on any atom is 0 e. The molecule has 0 aliphatic carbocycles. The van der Waals surface area contributed by atoms with Gasteiger partial charge in [-0.3, -0.25) is 0 Å². The van der Waals surface area contributed by atoms with Crippen LogP contribution < -0.4 is 0 Å². The molecule has 3 heteroatoms. The molecule has 0 heterocycles. The summed E-state index contributed by atoms with van der Waals surface area (Å²) in [6, 6.07) is 0. The van der Waals surface area contributed by atoms with E-state index in [4.69, 9.17) is 0 Å². The van der Waals surface area contributed by atoms with Crippen molar-refractivity contribution in [3.8, 4) is 0 Å². The Kier molecular flexibility index (Phi) is 283. The zero-order valence-corrected chi connectivity index (χ0v) is 4.72. The van der Waals surface area contributed by atoms with E-state index < -0.39 is 0 Å². The second-order valence-electron chi connectivity index (χ2n) is 0. The van der Waals surface area contributed by atoms with E-state index in [0.717, 1.165) is 0 Å². The minimum Gasteiger partial charge on any atom is -0.0776 e. The van der Waals surface area contributed by atoms with Gasteiger partial charge in [-0.1, -0.05) is 7.43 Å². The van der Waals surface area contributed by atoms with Gasteiger partial charge in [-0.15, -0.1) is 0 Å². The molecule has 0 aromatic rings. The van der Waals surface area contributed by atoms with Crippen LogP contribution in [-0.2, 0) is 33.9 Å². The predicted octanol–water partition coefficient (Wildman–Crippen LogP) is 0.250. The maximum atomic E-state index is 0. The molecular formula is CH4AlCrNi. The number of hydrogen-bond acceptors (Lipinski definition) is 0. The quantitative estimate of drug-likeness (QED) is 0.438. The summed E-state index contributed by atoms with van der Waals surface area (Å²) >= 11 is 0. The Balaban J connectivity index is 0. The van der Waals surface area contributed by atoms with Gasteiger partial charge in [-0.05, 0) is 0 Å². The summed E-state index contributed by atoms with van der Waals surface area (Å²) in [7, 11) is 0. The standard InChI is InChI=1S/CH4.Al.Cr.Ni/h1H4;;;. The average molecular weight is 154 g/mol. The van der Waals surface area contributed by atoms with E-state index >= 15 is 0 Å². The van der Waals surface area contributed by atoms with E-state index in [9.17, 15) is 0 Å². The molecule has 0 amide bonds. The topological polar surface area (TPSA) is 0 Å². The van der Waals surface area contributed by atoms with Gasteiger partial charge in [0.2, 0.25) is 0 Å². The Bertz CT molecular complexity index is 8.00. The molecule has 0 aromatic heterocycles. The van der Waals surface area contributed by atoms with Crippen LogP contribution in [0.4, 0.5) is 0 Å². The normalized spacial score (nSPS) is 0. The molecule has 0 bridgehead atoms. The molecule has 0 N–H and O–H groups in total. The zero-order chi connectivity index (χ0) is 0. The molecule has 0 saturated heterocycles. The molecule has 0 atom stereocenters. The first-order chi connectivity index (χ1) is 0. The third-order valence-electron chi connectivity index (χ3n) is 0. The van der Waals surface area contributed by atoms with E-state index in [2.05, 4.69) is 0 Å². The largest absolute Gasteiger partial charge is 0.0776 e. The van der Waals surface area contributed by atoms with Crippen molar-refractivity contribution in [3.63, 3.8) is 0 Å². The maximum absolute atomic E-state index is 0. The van der Waals surface area contributed by atoms with Crippen LogP contribution in [0.15, 0.2) is 0 Å². The van der Waals surface area contributed by atoms with Crippen molar-refractivity contribution in [2.45, 2.75) is 7.43 Å². The predicted molar refractivity (Wildman–Crippen MR) is 12.5 cm³/mol. The molecule has 0 aliphatic heterocycles. The van der Waals surface area contributed by atoms with Crippen molar-refractivity contribution in [2.75, 3.05) is 0 Å². The van der Waals surface area contributed by atoms with Gasteiger partial charge < -0.3 is 0 Å². The van der Waals surface area contributed by atoms with Gasteiger partial charge in [-0.25, -0.2) is 0 Å². The van der Waals surface area contributed by atoms with Crippen LogP contribution in [0.5, 0.6) is 0 Å². The van der Waals surface area contributed by atoms with Gasteiger partial charge in [0.15, 0.2) is 0 Å². The molecule has 0 rings (SSSR count). The van der Waals surface area contributed by atoms with Crippen molar-refractivity contribution in [1.82, 2.24) is 0 Å². The Labute approximate surface area is 58.5 Å². The first-order valence-corrected chi connectivity index (χ1v) is 0. The summed E-state index contributed by atoms with van der Waals surface area (Å²) in [6.45, 7) is 0. The summed E-state index contributed by atoms with van der Waals surface area (Å²) in [6.07, 6.45) is 0. The third-order valence-corrected chi connectivity index (χ3v) is 0. The molecule has 3 radical (unpaired) electrons. The fourth-order valence-electron chi connectivity index (χ4n) is 0. The van der Waals surface area contributed by atoms with Crippen molar-refractivity contribution in [1.29, 1.82) is 0 Å². The average Bonchev–Trinajstić information content (AvgIpc) is 0. The van der Waals surface area contributed by atoms with E-state index in [1.165, 1.54) is 0 Å². The van der Waals surface area contributed by atoms with Gasteiger partial charge >= 0.3 is 0 Å². The van der Waals surface area contributed by atoms with Crippen molar-refractivity contribution in [2.24, 2.45) is 0 Å². The van der Waals surface area contributed by atoms with Crippen LogP contribution in [-0.4, -0.2) is 17.4 Å². The molecule has 27 valence electrons. The number of hydrogen-bond donors (Lipinski definition) is 0. The summed E-state index contributed by atoms with van der Waals surface area (Å²) in [5.74, 6) is 0. The van der Waals surface area contributed by atoms with E-state index in [1.807, 2.05) is 0 Å². The monoisotopic (exact) mass is 153 g/mol. The second-order valence-corrected chi connectivity index (χ2v) is 0. The molecule has 0 nitrogen and oxygen atoms in total. The van der Waals surface area contributed by atoms with Crippen molar-refractivity contribution in [3.05, 3.63) is 0 Å². The van der Waals surface area contributed by atoms with Gasteiger partial charge in [-0.2, -0.15) is 0 Å². The SMILES string of the molecule is C.[Al].[Cr].[Ni]. The molecule has 0 unspecified atom stereocenters. The molecular weight excluding hydrogens is 150 g/mol. The minimum atomic E-state index is 0. The molecule has 0 aromatic carbocycles. The second kappa shape index (κ2) is 23.8. The van der Waals surface area contributed by atoms with Gasteiger partial charge in [0.05, 0.1) is 0 Å². The first-order valence-electron chi connectivity index (χ1n) is 0. The fraction of sp³-hybridized carbons (Fsp3) is 1.00.